The minimum absolute atomic E-state index is 0.194. The van der Waals surface area contributed by atoms with Crippen LogP contribution < -0.4 is 20.3 Å². The van der Waals surface area contributed by atoms with Crippen LogP contribution in [0.4, 0.5) is 5.00 Å². The van der Waals surface area contributed by atoms with Crippen molar-refractivity contribution < 1.29 is 4.74 Å². The first-order chi connectivity index (χ1) is 13.6. The standard InChI is InChI=1S/C22H32N4OS/c1-4-23-22(24-16-18-7-9-20(10-8-18)27-17(2)3)25-19-11-13-26(14-12-19)21-6-5-15-28-21/h5-10,15,17,19H,4,11-14,16H2,1-3H3,(H2,23,24,25). The zero-order chi connectivity index (χ0) is 19.8. The molecule has 0 radical (unpaired) electrons. The second-order valence-electron chi connectivity index (χ2n) is 7.36. The molecular formula is C22H32N4OS. The summed E-state index contributed by atoms with van der Waals surface area (Å²) in [6.45, 7) is 9.89. The maximum absolute atomic E-state index is 5.71. The van der Waals surface area contributed by atoms with E-state index in [2.05, 4.69) is 52.1 Å². The van der Waals surface area contributed by atoms with E-state index in [1.165, 1.54) is 10.6 Å². The van der Waals surface area contributed by atoms with Gasteiger partial charge in [-0.05, 0) is 68.8 Å². The summed E-state index contributed by atoms with van der Waals surface area (Å²) in [5.41, 5.74) is 1.18. The summed E-state index contributed by atoms with van der Waals surface area (Å²) >= 11 is 1.82. The van der Waals surface area contributed by atoms with Gasteiger partial charge in [0.05, 0.1) is 17.6 Å². The maximum atomic E-state index is 5.71. The molecule has 2 heterocycles. The Morgan fingerprint density at radius 1 is 1.21 bits per heavy atom. The number of hydrogen-bond acceptors (Lipinski definition) is 4. The lowest BCUT2D eigenvalue weighted by atomic mass is 10.1. The van der Waals surface area contributed by atoms with Gasteiger partial charge in [0.25, 0.3) is 0 Å². The van der Waals surface area contributed by atoms with E-state index in [0.29, 0.717) is 12.6 Å². The van der Waals surface area contributed by atoms with Gasteiger partial charge in [-0.25, -0.2) is 4.99 Å². The molecule has 0 saturated carbocycles. The molecule has 0 unspecified atom stereocenters. The van der Waals surface area contributed by atoms with Crippen molar-refractivity contribution >= 4 is 22.3 Å². The molecule has 1 aromatic carbocycles. The monoisotopic (exact) mass is 400 g/mol. The minimum Gasteiger partial charge on any atom is -0.491 e. The van der Waals surface area contributed by atoms with Crippen LogP contribution in [0.2, 0.25) is 0 Å². The molecule has 0 spiro atoms. The second-order valence-corrected chi connectivity index (χ2v) is 8.29. The smallest absolute Gasteiger partial charge is 0.191 e. The molecule has 5 nitrogen and oxygen atoms in total. The van der Waals surface area contributed by atoms with E-state index in [4.69, 9.17) is 9.73 Å². The molecule has 28 heavy (non-hydrogen) atoms. The van der Waals surface area contributed by atoms with E-state index in [1.807, 2.05) is 37.3 Å². The highest BCUT2D eigenvalue weighted by Gasteiger charge is 2.20. The topological polar surface area (TPSA) is 48.9 Å². The van der Waals surface area contributed by atoms with Crippen LogP contribution in [0.25, 0.3) is 0 Å². The number of anilines is 1. The van der Waals surface area contributed by atoms with Crippen molar-refractivity contribution in [3.63, 3.8) is 0 Å². The van der Waals surface area contributed by atoms with Gasteiger partial charge < -0.3 is 20.3 Å². The fourth-order valence-electron chi connectivity index (χ4n) is 3.32. The number of hydrogen-bond donors (Lipinski definition) is 2. The van der Waals surface area contributed by atoms with E-state index < -0.39 is 0 Å². The predicted octanol–water partition coefficient (Wildman–Crippen LogP) is 4.26. The molecule has 6 heteroatoms. The van der Waals surface area contributed by atoms with Crippen molar-refractivity contribution in [2.75, 3.05) is 24.5 Å². The van der Waals surface area contributed by atoms with Gasteiger partial charge >= 0.3 is 0 Å². The van der Waals surface area contributed by atoms with Crippen LogP contribution in [0.15, 0.2) is 46.8 Å². The van der Waals surface area contributed by atoms with Crippen LogP contribution in [0.1, 0.15) is 39.2 Å². The van der Waals surface area contributed by atoms with Gasteiger partial charge in [-0.2, -0.15) is 0 Å². The zero-order valence-electron chi connectivity index (χ0n) is 17.1. The Morgan fingerprint density at radius 2 is 1.96 bits per heavy atom. The van der Waals surface area contributed by atoms with Crippen LogP contribution in [0.5, 0.6) is 5.75 Å². The molecule has 2 N–H and O–H groups in total. The van der Waals surface area contributed by atoms with Gasteiger partial charge in [0, 0.05) is 25.7 Å². The largest absolute Gasteiger partial charge is 0.491 e. The Bertz CT molecular complexity index is 720. The van der Waals surface area contributed by atoms with E-state index >= 15 is 0 Å². The van der Waals surface area contributed by atoms with Crippen molar-refractivity contribution in [2.45, 2.75) is 52.3 Å². The van der Waals surface area contributed by atoms with Crippen molar-refractivity contribution in [2.24, 2.45) is 4.99 Å². The van der Waals surface area contributed by atoms with Gasteiger partial charge in [0.2, 0.25) is 0 Å². The lowest BCUT2D eigenvalue weighted by Crippen LogP contribution is -2.48. The lowest BCUT2D eigenvalue weighted by Gasteiger charge is -2.33. The summed E-state index contributed by atoms with van der Waals surface area (Å²) in [6, 6.07) is 13.0. The molecule has 1 aliphatic rings. The van der Waals surface area contributed by atoms with Crippen molar-refractivity contribution in [1.29, 1.82) is 0 Å². The number of thiophene rings is 1. The molecule has 152 valence electrons. The van der Waals surface area contributed by atoms with Crippen LogP contribution >= 0.6 is 11.3 Å². The highest BCUT2D eigenvalue weighted by atomic mass is 32.1. The summed E-state index contributed by atoms with van der Waals surface area (Å²) in [7, 11) is 0. The van der Waals surface area contributed by atoms with Gasteiger partial charge in [0.15, 0.2) is 5.96 Å². The Morgan fingerprint density at radius 3 is 2.57 bits per heavy atom. The van der Waals surface area contributed by atoms with Crippen LogP contribution in [0.3, 0.4) is 0 Å². The van der Waals surface area contributed by atoms with Crippen molar-refractivity contribution in [3.05, 3.63) is 47.3 Å². The minimum atomic E-state index is 0.194. The Hall–Kier alpha value is -2.21. The quantitative estimate of drug-likeness (QED) is 0.539. The first kappa shape index (κ1) is 20.5. The Labute approximate surface area is 172 Å². The number of benzene rings is 1. The van der Waals surface area contributed by atoms with Crippen molar-refractivity contribution in [1.82, 2.24) is 10.6 Å². The van der Waals surface area contributed by atoms with E-state index in [0.717, 1.165) is 44.2 Å². The third kappa shape index (κ3) is 6.16. The van der Waals surface area contributed by atoms with Gasteiger partial charge in [-0.1, -0.05) is 12.1 Å². The molecule has 1 aliphatic heterocycles. The number of ether oxygens (including phenoxy) is 1. The molecule has 3 rings (SSSR count). The number of nitrogens with one attached hydrogen (secondary N) is 2. The molecule has 1 aromatic heterocycles. The number of aliphatic imine (C=N–C) groups is 1. The highest BCUT2D eigenvalue weighted by Crippen LogP contribution is 2.24. The van der Waals surface area contributed by atoms with E-state index in [9.17, 15) is 0 Å². The average molecular weight is 401 g/mol. The summed E-state index contributed by atoms with van der Waals surface area (Å²) < 4.78 is 5.71. The third-order valence-electron chi connectivity index (χ3n) is 4.71. The van der Waals surface area contributed by atoms with Crippen molar-refractivity contribution in [3.8, 4) is 5.75 Å². The predicted molar refractivity (Wildman–Crippen MR) is 120 cm³/mol. The second kappa shape index (κ2) is 10.4. The molecule has 0 bridgehead atoms. The summed E-state index contributed by atoms with van der Waals surface area (Å²) in [5, 5.41) is 10.5. The molecule has 0 aliphatic carbocycles. The van der Waals surface area contributed by atoms with E-state index in [-0.39, 0.29) is 6.10 Å². The SMILES string of the molecule is CCNC(=NCc1ccc(OC(C)C)cc1)NC1CCN(c2cccs2)CC1. The molecule has 2 aromatic rings. The number of rotatable bonds is 7. The first-order valence-corrected chi connectivity index (χ1v) is 11.1. The third-order valence-corrected chi connectivity index (χ3v) is 5.64. The van der Waals surface area contributed by atoms with Gasteiger partial charge in [-0.3, -0.25) is 0 Å². The summed E-state index contributed by atoms with van der Waals surface area (Å²) in [5.74, 6) is 1.81. The normalized spacial score (nSPS) is 15.7. The lowest BCUT2D eigenvalue weighted by molar-refractivity contribution is 0.242. The van der Waals surface area contributed by atoms with Crippen LogP contribution in [0, 0.1) is 0 Å². The molecule has 0 atom stereocenters. The summed E-state index contributed by atoms with van der Waals surface area (Å²) in [4.78, 5) is 7.26. The number of guanidine groups is 1. The Balaban J connectivity index is 1.51. The maximum Gasteiger partial charge on any atom is 0.191 e. The molecular weight excluding hydrogens is 368 g/mol. The van der Waals surface area contributed by atoms with Crippen LogP contribution in [-0.2, 0) is 6.54 Å². The molecule has 0 amide bonds. The van der Waals surface area contributed by atoms with Crippen LogP contribution in [-0.4, -0.2) is 37.7 Å². The molecule has 1 fully saturated rings. The zero-order valence-corrected chi connectivity index (χ0v) is 18.0. The molecule has 1 saturated heterocycles. The summed E-state index contributed by atoms with van der Waals surface area (Å²) in [6.07, 6.45) is 2.45. The average Bonchev–Trinajstić information content (AvgIpc) is 3.22. The van der Waals surface area contributed by atoms with Gasteiger partial charge in [-0.15, -0.1) is 11.3 Å². The first-order valence-electron chi connectivity index (χ1n) is 10.2. The van der Waals surface area contributed by atoms with Gasteiger partial charge in [0.1, 0.15) is 5.75 Å². The highest BCUT2D eigenvalue weighted by molar-refractivity contribution is 7.14. The van der Waals surface area contributed by atoms with E-state index in [1.54, 1.807) is 0 Å². The number of piperidine rings is 1. The Kier molecular flexibility index (Phi) is 7.60. The fraction of sp³-hybridized carbons (Fsp3) is 0.500. The number of nitrogens with zero attached hydrogens (tertiary/aromatic N) is 2. The fourth-order valence-corrected chi connectivity index (χ4v) is 4.11.